The Hall–Kier alpha value is -6.43. The van der Waals surface area contributed by atoms with E-state index in [0.29, 0.717) is 37.7 Å². The molecule has 0 radical (unpaired) electrons. The van der Waals surface area contributed by atoms with Gasteiger partial charge in [-0.2, -0.15) is 0 Å². The first-order valence-corrected chi connectivity index (χ1v) is 27.0. The number of hydrogen-bond donors (Lipinski definition) is 0. The van der Waals surface area contributed by atoms with Crippen LogP contribution in [0.15, 0.2) is 108 Å². The molecule has 3 aromatic rings. The van der Waals surface area contributed by atoms with E-state index >= 15 is 0 Å². The molecule has 0 bridgehead atoms. The standard InChI is InChI=1S/C55H68N2O19S/c1-34-27-40(13-12-26-70-53(61)54(3,4)5)72-45(34)25-24-41-30-55(6,76-49(58)32-68-7)35(2)46(73-41)29-47-44(33-77(66,67)43-14-10-9-11-15-43)50(69-8)48(75-47)28-42(74-52(60)37-18-22-39(23-19-37)57(64)65)31-71-51(59)36-16-20-38(21-17-36)56(62)63/h9-11,14-23,40-42,44-48,50H,1-2,12-13,24-33H2,3-8H3/t40-,41-,42-,44-,45-,46+,47?,48+,50+,55+/m0/s1. The number of carbonyl (C=O) groups is 4. The number of nitrogens with zero attached hydrogens (tertiary/aromatic N) is 2. The fourth-order valence-electron chi connectivity index (χ4n) is 9.76. The smallest absolute Gasteiger partial charge is 0.338 e. The molecule has 3 saturated heterocycles. The minimum Gasteiger partial charge on any atom is -0.465 e. The van der Waals surface area contributed by atoms with E-state index in [0.717, 1.165) is 29.8 Å². The van der Waals surface area contributed by atoms with Crippen molar-refractivity contribution < 1.29 is 80.1 Å². The highest BCUT2D eigenvalue weighted by Gasteiger charge is 2.52. The lowest BCUT2D eigenvalue weighted by molar-refractivity contribution is -0.385. The molecule has 418 valence electrons. The third-order valence-electron chi connectivity index (χ3n) is 13.9. The minimum atomic E-state index is -4.05. The number of ether oxygens (including phenoxy) is 9. The number of carbonyl (C=O) groups excluding carboxylic acids is 4. The number of nitro groups is 2. The van der Waals surface area contributed by atoms with Crippen LogP contribution >= 0.6 is 0 Å². The summed E-state index contributed by atoms with van der Waals surface area (Å²) in [5.41, 5.74) is -1.28. The van der Waals surface area contributed by atoms with Crippen molar-refractivity contribution in [2.45, 2.75) is 138 Å². The van der Waals surface area contributed by atoms with Crippen LogP contribution in [0.3, 0.4) is 0 Å². The molecule has 3 aromatic carbocycles. The number of hydrogen-bond acceptors (Lipinski definition) is 19. The highest BCUT2D eigenvalue weighted by Crippen LogP contribution is 2.44. The molecule has 0 aromatic heterocycles. The molecule has 21 nitrogen and oxygen atoms in total. The molecule has 0 saturated carbocycles. The summed E-state index contributed by atoms with van der Waals surface area (Å²) in [7, 11) is -1.31. The molecule has 6 rings (SSSR count). The third kappa shape index (κ3) is 16.1. The lowest BCUT2D eigenvalue weighted by atomic mass is 9.80. The van der Waals surface area contributed by atoms with Gasteiger partial charge in [0.2, 0.25) is 0 Å². The lowest BCUT2D eigenvalue weighted by Crippen LogP contribution is -2.50. The summed E-state index contributed by atoms with van der Waals surface area (Å²) in [6.45, 7) is 15.1. The van der Waals surface area contributed by atoms with Gasteiger partial charge in [-0.25, -0.2) is 22.8 Å². The van der Waals surface area contributed by atoms with E-state index in [-0.39, 0.29) is 78.1 Å². The van der Waals surface area contributed by atoms with Crippen molar-refractivity contribution in [3.8, 4) is 0 Å². The van der Waals surface area contributed by atoms with Crippen LogP contribution in [-0.2, 0) is 62.1 Å². The van der Waals surface area contributed by atoms with Crippen molar-refractivity contribution in [2.24, 2.45) is 11.3 Å². The minimum absolute atomic E-state index is 0.0189. The molecule has 22 heteroatoms. The summed E-state index contributed by atoms with van der Waals surface area (Å²) in [5.74, 6) is -4.18. The molecule has 77 heavy (non-hydrogen) atoms. The molecule has 0 N–H and O–H groups in total. The molecule has 0 amide bonds. The zero-order valence-corrected chi connectivity index (χ0v) is 45.0. The molecule has 3 fully saturated rings. The summed E-state index contributed by atoms with van der Waals surface area (Å²) < 4.78 is 82.8. The average molecular weight is 1090 g/mol. The number of esters is 4. The summed E-state index contributed by atoms with van der Waals surface area (Å²) in [4.78, 5) is 73.8. The van der Waals surface area contributed by atoms with E-state index in [1.54, 1.807) is 45.9 Å². The van der Waals surface area contributed by atoms with Crippen LogP contribution in [0.2, 0.25) is 0 Å². The van der Waals surface area contributed by atoms with E-state index in [2.05, 4.69) is 13.2 Å². The maximum atomic E-state index is 14.3. The second-order valence-corrected chi connectivity index (χ2v) is 22.7. The van der Waals surface area contributed by atoms with Crippen LogP contribution in [0.1, 0.15) is 99.8 Å². The quantitative estimate of drug-likeness (QED) is 0.0194. The van der Waals surface area contributed by atoms with Crippen molar-refractivity contribution in [1.82, 2.24) is 0 Å². The lowest BCUT2D eigenvalue weighted by Gasteiger charge is -2.45. The maximum Gasteiger partial charge on any atom is 0.338 e. The molecule has 0 aliphatic carbocycles. The number of nitro benzene ring substituents is 2. The van der Waals surface area contributed by atoms with Gasteiger partial charge in [-0.3, -0.25) is 25.0 Å². The monoisotopic (exact) mass is 1090 g/mol. The number of methoxy groups -OCH3 is 2. The van der Waals surface area contributed by atoms with Gasteiger partial charge in [0.25, 0.3) is 11.4 Å². The van der Waals surface area contributed by atoms with Crippen molar-refractivity contribution in [3.05, 3.63) is 135 Å². The van der Waals surface area contributed by atoms with Crippen LogP contribution in [0.25, 0.3) is 0 Å². The van der Waals surface area contributed by atoms with Crippen LogP contribution < -0.4 is 0 Å². The summed E-state index contributed by atoms with van der Waals surface area (Å²) in [6.07, 6.45) is -3.43. The fraction of sp³-hybridized carbons (Fsp3) is 0.527. The second kappa shape index (κ2) is 26.3. The van der Waals surface area contributed by atoms with Crippen LogP contribution in [0.5, 0.6) is 0 Å². The van der Waals surface area contributed by atoms with Crippen molar-refractivity contribution in [1.29, 1.82) is 0 Å². The van der Waals surface area contributed by atoms with Gasteiger partial charge >= 0.3 is 23.9 Å². The third-order valence-corrected chi connectivity index (χ3v) is 15.7. The van der Waals surface area contributed by atoms with Gasteiger partial charge < -0.3 is 42.6 Å². The van der Waals surface area contributed by atoms with E-state index in [4.69, 9.17) is 42.6 Å². The Labute approximate surface area is 447 Å². The fourth-order valence-corrected chi connectivity index (χ4v) is 11.4. The molecular weight excluding hydrogens is 1020 g/mol. The second-order valence-electron chi connectivity index (χ2n) is 20.7. The zero-order valence-electron chi connectivity index (χ0n) is 44.2. The largest absolute Gasteiger partial charge is 0.465 e. The van der Waals surface area contributed by atoms with Gasteiger partial charge in [0.05, 0.1) is 86.4 Å². The van der Waals surface area contributed by atoms with Gasteiger partial charge in [0.15, 0.2) is 9.84 Å². The first-order valence-electron chi connectivity index (χ1n) is 25.3. The van der Waals surface area contributed by atoms with Crippen LogP contribution in [0, 0.1) is 31.6 Å². The van der Waals surface area contributed by atoms with E-state index in [1.807, 2.05) is 0 Å². The molecule has 1 unspecified atom stereocenters. The molecule has 3 aliphatic heterocycles. The molecule has 10 atom stereocenters. The zero-order chi connectivity index (χ0) is 56.2. The molecule has 3 aliphatic rings. The predicted molar refractivity (Wildman–Crippen MR) is 276 cm³/mol. The molecule has 0 spiro atoms. The Bertz CT molecular complexity index is 2710. The molecular formula is C55H68N2O19S. The van der Waals surface area contributed by atoms with Gasteiger partial charge in [-0.1, -0.05) is 31.4 Å². The first-order chi connectivity index (χ1) is 36.4. The summed E-state index contributed by atoms with van der Waals surface area (Å²) in [5, 5.41) is 22.6. The number of rotatable bonds is 25. The summed E-state index contributed by atoms with van der Waals surface area (Å²) >= 11 is 0. The van der Waals surface area contributed by atoms with Crippen molar-refractivity contribution in [3.63, 3.8) is 0 Å². The van der Waals surface area contributed by atoms with Gasteiger partial charge in [0.1, 0.15) is 24.9 Å². The van der Waals surface area contributed by atoms with E-state index < -0.39 is 104 Å². The van der Waals surface area contributed by atoms with Gasteiger partial charge in [0, 0.05) is 63.7 Å². The Morgan fingerprint density at radius 1 is 0.792 bits per heavy atom. The Balaban J connectivity index is 1.26. The van der Waals surface area contributed by atoms with E-state index in [9.17, 15) is 47.8 Å². The van der Waals surface area contributed by atoms with Crippen LogP contribution in [-0.4, -0.2) is 136 Å². The van der Waals surface area contributed by atoms with E-state index in [1.165, 1.54) is 50.6 Å². The first kappa shape index (κ1) is 59.8. The maximum absolute atomic E-state index is 14.3. The van der Waals surface area contributed by atoms with Gasteiger partial charge in [-0.05, 0) is 107 Å². The van der Waals surface area contributed by atoms with Crippen LogP contribution in [0.4, 0.5) is 11.4 Å². The topological polar surface area (TPSA) is 272 Å². The SMILES string of the molecule is C=C1C[C@H](CCCOC(=O)C(C)(C)C)O[C@H]1CC[C@H]1C[C@@](C)(OC(=O)COC)C(=C)[C@@H](CC2O[C@H](C[C@@H](COC(=O)c3ccc([N+](=O)[O-])cc3)OC(=O)c3ccc([N+](=O)[O-])cc3)[C@H](OC)[C@H]2CS(=O)(=O)c2ccccc2)O1. The number of benzene rings is 3. The Morgan fingerprint density at radius 3 is 1.99 bits per heavy atom. The summed E-state index contributed by atoms with van der Waals surface area (Å²) in [6, 6.07) is 17.1. The predicted octanol–water partition coefficient (Wildman–Crippen LogP) is 8.06. The Morgan fingerprint density at radius 2 is 1.40 bits per heavy atom. The normalized spacial score (nSPS) is 24.9. The van der Waals surface area contributed by atoms with Gasteiger partial charge in [-0.15, -0.1) is 0 Å². The highest BCUT2D eigenvalue weighted by atomic mass is 32.2. The molecule has 3 heterocycles. The Kier molecular flexibility index (Phi) is 20.4. The number of non-ortho nitro benzene ring substituents is 2. The van der Waals surface area contributed by atoms with Crippen molar-refractivity contribution in [2.75, 3.05) is 39.8 Å². The number of sulfone groups is 1. The van der Waals surface area contributed by atoms with Crippen molar-refractivity contribution >= 4 is 45.1 Å². The highest BCUT2D eigenvalue weighted by molar-refractivity contribution is 7.91. The average Bonchev–Trinajstić information content (AvgIpc) is 3.91.